The van der Waals surface area contributed by atoms with Gasteiger partial charge in [-0.1, -0.05) is 11.6 Å². The van der Waals surface area contributed by atoms with Gasteiger partial charge in [-0.3, -0.25) is 4.79 Å². The number of nitrogens with one attached hydrogen (secondary N) is 1. The molecular weight excluding hydrogens is 314 g/mol. The third-order valence-corrected chi connectivity index (χ3v) is 4.37. The third kappa shape index (κ3) is 3.93. The largest absolute Gasteiger partial charge is 0.396 e. The number of nitrogens with two attached hydrogens (primary N) is 1. The van der Waals surface area contributed by atoms with Crippen LogP contribution in [0.15, 0.2) is 47.6 Å². The Labute approximate surface area is 126 Å². The first kappa shape index (κ1) is 15.3. The Bertz CT molecular complexity index is 760. The summed E-state index contributed by atoms with van der Waals surface area (Å²) in [5.41, 5.74) is 6.03. The van der Waals surface area contributed by atoms with Gasteiger partial charge >= 0.3 is 0 Å². The normalized spacial score (nSPS) is 11.1. The van der Waals surface area contributed by atoms with Crippen LogP contribution in [0.25, 0.3) is 0 Å². The van der Waals surface area contributed by atoms with Gasteiger partial charge < -0.3 is 11.1 Å². The van der Waals surface area contributed by atoms with Crippen molar-refractivity contribution < 1.29 is 13.2 Å². The van der Waals surface area contributed by atoms with E-state index in [0.717, 1.165) is 0 Å². The van der Waals surface area contributed by atoms with E-state index in [1.807, 2.05) is 0 Å². The van der Waals surface area contributed by atoms with Crippen LogP contribution in [0.3, 0.4) is 0 Å². The van der Waals surface area contributed by atoms with Gasteiger partial charge in [-0.25, -0.2) is 13.4 Å². The van der Waals surface area contributed by atoms with Gasteiger partial charge in [-0.2, -0.15) is 0 Å². The molecule has 1 heterocycles. The summed E-state index contributed by atoms with van der Waals surface area (Å²) in [4.78, 5) is 15.5. The zero-order chi connectivity index (χ0) is 15.5. The summed E-state index contributed by atoms with van der Waals surface area (Å²) >= 11 is 5.72. The highest BCUT2D eigenvalue weighted by atomic mass is 35.5. The summed E-state index contributed by atoms with van der Waals surface area (Å²) in [7, 11) is -3.89. The lowest BCUT2D eigenvalue weighted by atomic mass is 10.3. The lowest BCUT2D eigenvalue weighted by Crippen LogP contribution is -2.24. The lowest BCUT2D eigenvalue weighted by molar-refractivity contribution is -0.113. The van der Waals surface area contributed by atoms with E-state index in [1.165, 1.54) is 18.3 Å². The zero-order valence-corrected chi connectivity index (χ0v) is 12.4. The number of rotatable bonds is 4. The maximum absolute atomic E-state index is 12.1. The fourth-order valence-electron chi connectivity index (χ4n) is 1.63. The van der Waals surface area contributed by atoms with Crippen molar-refractivity contribution in [3.8, 4) is 0 Å². The first-order chi connectivity index (χ1) is 9.88. The van der Waals surface area contributed by atoms with Gasteiger partial charge in [0.2, 0.25) is 15.7 Å². The van der Waals surface area contributed by atoms with Crippen LogP contribution in [-0.4, -0.2) is 25.1 Å². The minimum atomic E-state index is -3.89. The van der Waals surface area contributed by atoms with Gasteiger partial charge in [-0.05, 0) is 36.4 Å². The van der Waals surface area contributed by atoms with Crippen LogP contribution in [0.5, 0.6) is 0 Å². The number of carbonyl (C=O) groups excluding carboxylic acids is 1. The minimum Gasteiger partial charge on any atom is -0.396 e. The molecule has 0 unspecified atom stereocenters. The molecular formula is C13H12ClN3O3S. The maximum atomic E-state index is 12.1. The fourth-order valence-corrected chi connectivity index (χ4v) is 2.96. The molecule has 6 nitrogen and oxygen atoms in total. The van der Waals surface area contributed by atoms with Gasteiger partial charge in [-0.15, -0.1) is 0 Å². The number of aromatic nitrogens is 1. The van der Waals surface area contributed by atoms with Gasteiger partial charge in [0, 0.05) is 16.9 Å². The summed E-state index contributed by atoms with van der Waals surface area (Å²) in [5.74, 6) is -1.42. The molecule has 21 heavy (non-hydrogen) atoms. The van der Waals surface area contributed by atoms with E-state index in [-0.39, 0.29) is 10.7 Å². The molecule has 3 N–H and O–H groups in total. The number of hydrogen-bond donors (Lipinski definition) is 2. The molecule has 0 spiro atoms. The Kier molecular flexibility index (Phi) is 4.44. The van der Waals surface area contributed by atoms with Gasteiger partial charge in [0.25, 0.3) is 0 Å². The Hall–Kier alpha value is -2.12. The average molecular weight is 326 g/mol. The van der Waals surface area contributed by atoms with Crippen LogP contribution < -0.4 is 11.1 Å². The molecule has 1 amide bonds. The van der Waals surface area contributed by atoms with E-state index < -0.39 is 21.5 Å². The number of amides is 1. The molecule has 1 aromatic heterocycles. The van der Waals surface area contributed by atoms with Crippen LogP contribution in [-0.2, 0) is 14.6 Å². The summed E-state index contributed by atoms with van der Waals surface area (Å²) in [6, 6.07) is 9.24. The molecule has 8 heteroatoms. The number of nitrogen functional groups attached to an aromatic ring is 1. The smallest absolute Gasteiger partial charge is 0.240 e. The third-order valence-electron chi connectivity index (χ3n) is 2.54. The number of benzene rings is 1. The molecule has 0 atom stereocenters. The molecule has 0 saturated carbocycles. The van der Waals surface area contributed by atoms with E-state index in [1.54, 1.807) is 24.3 Å². The predicted octanol–water partition coefficient (Wildman–Crippen LogP) is 1.73. The zero-order valence-electron chi connectivity index (χ0n) is 10.8. The highest BCUT2D eigenvalue weighted by Crippen LogP contribution is 2.17. The fraction of sp³-hybridized carbons (Fsp3) is 0.0769. The summed E-state index contributed by atoms with van der Waals surface area (Å²) in [6.07, 6.45) is 1.31. The first-order valence-electron chi connectivity index (χ1n) is 5.87. The molecule has 0 radical (unpaired) electrons. The topological polar surface area (TPSA) is 102 Å². The second-order valence-corrected chi connectivity index (χ2v) is 6.55. The molecule has 0 aliphatic rings. The average Bonchev–Trinajstić information content (AvgIpc) is 2.41. The Morgan fingerprint density at radius 2 is 1.90 bits per heavy atom. The van der Waals surface area contributed by atoms with Crippen molar-refractivity contribution in [1.82, 2.24) is 4.98 Å². The van der Waals surface area contributed by atoms with Crippen molar-refractivity contribution >= 4 is 38.7 Å². The lowest BCUT2D eigenvalue weighted by Gasteiger charge is -2.07. The standard InChI is InChI=1S/C13H12ClN3O3S/c14-9-3-5-10(6-4-9)17-12(18)8-21(19,20)13-11(15)2-1-7-16-13/h1-7H,8,15H2,(H,17,18). The van der Waals surface area contributed by atoms with Crippen molar-refractivity contribution in [2.45, 2.75) is 5.03 Å². The Morgan fingerprint density at radius 3 is 2.52 bits per heavy atom. The van der Waals surface area contributed by atoms with Crippen molar-refractivity contribution in [1.29, 1.82) is 0 Å². The molecule has 1 aromatic carbocycles. The quantitative estimate of drug-likeness (QED) is 0.891. The number of sulfone groups is 1. The number of halogens is 1. The van der Waals surface area contributed by atoms with Crippen LogP contribution in [0.2, 0.25) is 5.02 Å². The van der Waals surface area contributed by atoms with E-state index in [4.69, 9.17) is 17.3 Å². The Morgan fingerprint density at radius 1 is 1.24 bits per heavy atom. The first-order valence-corrected chi connectivity index (χ1v) is 7.90. The summed E-state index contributed by atoms with van der Waals surface area (Å²) < 4.78 is 24.2. The van der Waals surface area contributed by atoms with Crippen molar-refractivity contribution in [2.75, 3.05) is 16.8 Å². The molecule has 110 valence electrons. The highest BCUT2D eigenvalue weighted by Gasteiger charge is 2.23. The SMILES string of the molecule is Nc1cccnc1S(=O)(=O)CC(=O)Nc1ccc(Cl)cc1. The second kappa shape index (κ2) is 6.11. The number of nitrogens with zero attached hydrogens (tertiary/aromatic N) is 1. The van der Waals surface area contributed by atoms with E-state index in [2.05, 4.69) is 10.3 Å². The Balaban J connectivity index is 2.12. The molecule has 2 aromatic rings. The molecule has 0 aliphatic carbocycles. The van der Waals surface area contributed by atoms with E-state index >= 15 is 0 Å². The van der Waals surface area contributed by atoms with E-state index in [9.17, 15) is 13.2 Å². The van der Waals surface area contributed by atoms with Gasteiger partial charge in [0.15, 0.2) is 5.03 Å². The van der Waals surface area contributed by atoms with Gasteiger partial charge in [0.1, 0.15) is 5.75 Å². The van der Waals surface area contributed by atoms with Crippen molar-refractivity contribution in [3.05, 3.63) is 47.6 Å². The van der Waals surface area contributed by atoms with Crippen LogP contribution in [0.4, 0.5) is 11.4 Å². The maximum Gasteiger partial charge on any atom is 0.240 e. The summed E-state index contributed by atoms with van der Waals surface area (Å²) in [6.45, 7) is 0. The van der Waals surface area contributed by atoms with Crippen LogP contribution >= 0.6 is 11.6 Å². The molecule has 0 bridgehead atoms. The number of carbonyl (C=O) groups is 1. The van der Waals surface area contributed by atoms with Crippen LogP contribution in [0, 0.1) is 0 Å². The molecule has 0 aliphatic heterocycles. The van der Waals surface area contributed by atoms with E-state index in [0.29, 0.717) is 10.7 Å². The minimum absolute atomic E-state index is 0.0109. The molecule has 0 fully saturated rings. The van der Waals surface area contributed by atoms with Crippen molar-refractivity contribution in [3.63, 3.8) is 0 Å². The molecule has 2 rings (SSSR count). The predicted molar refractivity (Wildman–Crippen MR) is 80.8 cm³/mol. The van der Waals surface area contributed by atoms with Gasteiger partial charge in [0.05, 0.1) is 5.69 Å². The monoisotopic (exact) mass is 325 g/mol. The number of pyridine rings is 1. The van der Waals surface area contributed by atoms with Crippen LogP contribution in [0.1, 0.15) is 0 Å². The van der Waals surface area contributed by atoms with Crippen molar-refractivity contribution in [2.24, 2.45) is 0 Å². The second-order valence-electron chi connectivity index (χ2n) is 4.21. The number of anilines is 2. The highest BCUT2D eigenvalue weighted by molar-refractivity contribution is 7.92. The number of hydrogen-bond acceptors (Lipinski definition) is 5. The molecule has 0 saturated heterocycles. The summed E-state index contributed by atoms with van der Waals surface area (Å²) in [5, 5.41) is 2.69.